The summed E-state index contributed by atoms with van der Waals surface area (Å²) in [6.45, 7) is 1.57. The number of anilines is 2. The Morgan fingerprint density at radius 3 is 2.90 bits per heavy atom. The summed E-state index contributed by atoms with van der Waals surface area (Å²) in [6, 6.07) is 1.53. The Morgan fingerprint density at radius 1 is 1.62 bits per heavy atom. The highest BCUT2D eigenvalue weighted by Gasteiger charge is 2.32. The SMILES string of the molecule is COc1nc(N2CCC[C@@H]2CN(C)C)c([N+](=O)[O-])cc1N. The second kappa shape index (κ2) is 6.13. The minimum Gasteiger partial charge on any atom is -0.479 e. The van der Waals surface area contributed by atoms with E-state index >= 15 is 0 Å². The van der Waals surface area contributed by atoms with Crippen molar-refractivity contribution in [2.75, 3.05) is 44.9 Å². The maximum atomic E-state index is 11.3. The number of nitrogen functional groups attached to an aromatic ring is 1. The molecule has 0 aromatic carbocycles. The van der Waals surface area contributed by atoms with Crippen LogP contribution in [0.5, 0.6) is 5.88 Å². The topological polar surface area (TPSA) is 97.8 Å². The van der Waals surface area contributed by atoms with Gasteiger partial charge in [0.25, 0.3) is 0 Å². The molecule has 0 aliphatic carbocycles. The zero-order valence-electron chi connectivity index (χ0n) is 12.6. The van der Waals surface area contributed by atoms with Gasteiger partial charge in [-0.25, -0.2) is 0 Å². The number of ether oxygens (including phenoxy) is 1. The van der Waals surface area contributed by atoms with Crippen LogP contribution in [0.15, 0.2) is 6.07 Å². The summed E-state index contributed by atoms with van der Waals surface area (Å²) in [6.07, 6.45) is 1.98. The number of methoxy groups -OCH3 is 1. The zero-order valence-corrected chi connectivity index (χ0v) is 12.6. The molecule has 1 aliphatic rings. The van der Waals surface area contributed by atoms with Crippen molar-refractivity contribution in [1.82, 2.24) is 9.88 Å². The lowest BCUT2D eigenvalue weighted by Crippen LogP contribution is -2.38. The van der Waals surface area contributed by atoms with E-state index in [1.807, 2.05) is 19.0 Å². The van der Waals surface area contributed by atoms with Crippen LogP contribution >= 0.6 is 0 Å². The van der Waals surface area contributed by atoms with Crippen LogP contribution in [-0.2, 0) is 0 Å². The van der Waals surface area contributed by atoms with Gasteiger partial charge in [0.15, 0.2) is 0 Å². The molecule has 116 valence electrons. The first kappa shape index (κ1) is 15.3. The lowest BCUT2D eigenvalue weighted by atomic mass is 10.2. The summed E-state index contributed by atoms with van der Waals surface area (Å²) in [4.78, 5) is 19.2. The van der Waals surface area contributed by atoms with E-state index in [4.69, 9.17) is 10.5 Å². The van der Waals surface area contributed by atoms with E-state index in [9.17, 15) is 10.1 Å². The van der Waals surface area contributed by atoms with Gasteiger partial charge in [-0.2, -0.15) is 4.98 Å². The number of nitrogens with two attached hydrogens (primary N) is 1. The van der Waals surface area contributed by atoms with Crippen molar-refractivity contribution in [2.45, 2.75) is 18.9 Å². The first-order chi connectivity index (χ1) is 9.93. The van der Waals surface area contributed by atoms with Crippen LogP contribution in [0.25, 0.3) is 0 Å². The third kappa shape index (κ3) is 3.15. The third-order valence-corrected chi connectivity index (χ3v) is 3.59. The first-order valence-corrected chi connectivity index (χ1v) is 6.84. The normalized spacial score (nSPS) is 18.3. The van der Waals surface area contributed by atoms with Crippen LogP contribution in [-0.4, -0.2) is 55.1 Å². The highest BCUT2D eigenvalue weighted by Crippen LogP contribution is 2.36. The Bertz CT molecular complexity index is 535. The van der Waals surface area contributed by atoms with E-state index in [0.717, 1.165) is 25.9 Å². The molecule has 0 bridgehead atoms. The number of rotatable bonds is 5. The molecule has 8 heteroatoms. The maximum absolute atomic E-state index is 11.3. The standard InChI is InChI=1S/C13H21N5O3/c1-16(2)8-9-5-4-6-17(9)12-11(18(19)20)7-10(14)13(15-12)21-3/h7,9H,4-6,8,14H2,1-3H3/t9-/m1/s1. The monoisotopic (exact) mass is 295 g/mol. The van der Waals surface area contributed by atoms with Gasteiger partial charge in [-0.1, -0.05) is 0 Å². The fourth-order valence-corrected chi connectivity index (χ4v) is 2.73. The average Bonchev–Trinajstić information content (AvgIpc) is 2.85. The van der Waals surface area contributed by atoms with E-state index in [0.29, 0.717) is 5.82 Å². The predicted octanol–water partition coefficient (Wildman–Crippen LogP) is 1.11. The number of hydrogen-bond acceptors (Lipinski definition) is 7. The number of hydrogen-bond donors (Lipinski definition) is 1. The number of nitro groups is 1. The van der Waals surface area contributed by atoms with Crippen LogP contribution in [0, 0.1) is 10.1 Å². The fourth-order valence-electron chi connectivity index (χ4n) is 2.73. The molecule has 8 nitrogen and oxygen atoms in total. The average molecular weight is 295 g/mol. The molecule has 0 spiro atoms. The molecule has 0 unspecified atom stereocenters. The first-order valence-electron chi connectivity index (χ1n) is 6.84. The number of pyridine rings is 1. The molecule has 2 rings (SSSR count). The van der Waals surface area contributed by atoms with Crippen molar-refractivity contribution < 1.29 is 9.66 Å². The highest BCUT2D eigenvalue weighted by molar-refractivity contribution is 5.67. The summed E-state index contributed by atoms with van der Waals surface area (Å²) >= 11 is 0. The lowest BCUT2D eigenvalue weighted by molar-refractivity contribution is -0.384. The second-order valence-electron chi connectivity index (χ2n) is 5.44. The van der Waals surface area contributed by atoms with Crippen molar-refractivity contribution in [3.63, 3.8) is 0 Å². The van der Waals surface area contributed by atoms with Gasteiger partial charge in [0.05, 0.1) is 12.0 Å². The van der Waals surface area contributed by atoms with Gasteiger partial charge in [0.2, 0.25) is 11.7 Å². The predicted molar refractivity (Wildman–Crippen MR) is 80.8 cm³/mol. The molecule has 2 N–H and O–H groups in total. The molecule has 1 aromatic heterocycles. The van der Waals surface area contributed by atoms with Gasteiger partial charge < -0.3 is 20.3 Å². The van der Waals surface area contributed by atoms with Crippen LogP contribution in [0.4, 0.5) is 17.2 Å². The largest absolute Gasteiger partial charge is 0.479 e. The molecular formula is C13H21N5O3. The Balaban J connectivity index is 2.43. The summed E-state index contributed by atoms with van der Waals surface area (Å²) in [5.74, 6) is 0.571. The van der Waals surface area contributed by atoms with Crippen LogP contribution in [0.3, 0.4) is 0 Å². The smallest absolute Gasteiger partial charge is 0.313 e. The van der Waals surface area contributed by atoms with Crippen LogP contribution in [0.1, 0.15) is 12.8 Å². The second-order valence-corrected chi connectivity index (χ2v) is 5.44. The van der Waals surface area contributed by atoms with E-state index in [1.54, 1.807) is 0 Å². The minimum absolute atomic E-state index is 0.0704. The Kier molecular flexibility index (Phi) is 4.46. The number of nitrogens with zero attached hydrogens (tertiary/aromatic N) is 4. The maximum Gasteiger partial charge on any atom is 0.313 e. The van der Waals surface area contributed by atoms with Gasteiger partial charge in [-0.05, 0) is 26.9 Å². The Hall–Kier alpha value is -2.09. The van der Waals surface area contributed by atoms with E-state index in [-0.39, 0.29) is 23.3 Å². The summed E-state index contributed by atoms with van der Waals surface area (Å²) in [7, 11) is 5.43. The molecule has 0 amide bonds. The molecule has 0 saturated carbocycles. The van der Waals surface area contributed by atoms with Crippen LogP contribution < -0.4 is 15.4 Å². The van der Waals surface area contributed by atoms with E-state index in [1.165, 1.54) is 13.2 Å². The summed E-state index contributed by atoms with van der Waals surface area (Å²) < 4.78 is 5.10. The summed E-state index contributed by atoms with van der Waals surface area (Å²) in [5.41, 5.74) is 5.84. The number of likely N-dealkylation sites (N-methyl/N-ethyl adjacent to an activating group) is 1. The van der Waals surface area contributed by atoms with Gasteiger partial charge in [0, 0.05) is 25.2 Å². The molecule has 1 aliphatic heterocycles. The van der Waals surface area contributed by atoms with Gasteiger partial charge >= 0.3 is 5.69 Å². The lowest BCUT2D eigenvalue weighted by Gasteiger charge is -2.28. The Labute approximate surface area is 123 Å². The van der Waals surface area contributed by atoms with Crippen LogP contribution in [0.2, 0.25) is 0 Å². The van der Waals surface area contributed by atoms with Crippen molar-refractivity contribution in [2.24, 2.45) is 0 Å². The van der Waals surface area contributed by atoms with E-state index < -0.39 is 4.92 Å². The molecule has 21 heavy (non-hydrogen) atoms. The third-order valence-electron chi connectivity index (χ3n) is 3.59. The fraction of sp³-hybridized carbons (Fsp3) is 0.615. The van der Waals surface area contributed by atoms with Crippen molar-refractivity contribution in [1.29, 1.82) is 0 Å². The molecule has 0 radical (unpaired) electrons. The molecule has 1 aromatic rings. The minimum atomic E-state index is -0.441. The number of aromatic nitrogens is 1. The van der Waals surface area contributed by atoms with E-state index in [2.05, 4.69) is 9.88 Å². The van der Waals surface area contributed by atoms with Crippen molar-refractivity contribution >= 4 is 17.2 Å². The quantitative estimate of drug-likeness (QED) is 0.641. The summed E-state index contributed by atoms with van der Waals surface area (Å²) in [5, 5.41) is 11.3. The van der Waals surface area contributed by atoms with Crippen molar-refractivity contribution in [3.05, 3.63) is 16.2 Å². The molecule has 1 fully saturated rings. The zero-order chi connectivity index (χ0) is 15.6. The molecule has 2 heterocycles. The van der Waals surface area contributed by atoms with Gasteiger partial charge in [-0.15, -0.1) is 0 Å². The van der Waals surface area contributed by atoms with Gasteiger partial charge in [0.1, 0.15) is 5.69 Å². The molecule has 1 saturated heterocycles. The Morgan fingerprint density at radius 2 is 2.33 bits per heavy atom. The van der Waals surface area contributed by atoms with Gasteiger partial charge in [-0.3, -0.25) is 10.1 Å². The molecular weight excluding hydrogens is 274 g/mol. The highest BCUT2D eigenvalue weighted by atomic mass is 16.6. The van der Waals surface area contributed by atoms with Crippen molar-refractivity contribution in [3.8, 4) is 5.88 Å². The molecule has 1 atom stereocenters.